The van der Waals surface area contributed by atoms with Crippen molar-refractivity contribution in [2.75, 3.05) is 12.4 Å². The van der Waals surface area contributed by atoms with Crippen LogP contribution in [-0.4, -0.2) is 12.0 Å². The highest BCUT2D eigenvalue weighted by molar-refractivity contribution is 6.31. The Bertz CT molecular complexity index is 679. The van der Waals surface area contributed by atoms with Crippen molar-refractivity contribution in [1.29, 1.82) is 0 Å². The largest absolute Gasteiger partial charge is 0.496 e. The summed E-state index contributed by atoms with van der Waals surface area (Å²) in [6.07, 6.45) is 0. The fraction of sp³-hybridized carbons (Fsp3) is 0.143. The summed E-state index contributed by atoms with van der Waals surface area (Å²) in [6, 6.07) is 9.21. The van der Waals surface area contributed by atoms with Gasteiger partial charge in [-0.2, -0.15) is 0 Å². The van der Waals surface area contributed by atoms with Gasteiger partial charge in [-0.15, -0.1) is 0 Å². The van der Waals surface area contributed by atoms with Gasteiger partial charge >= 0.3 is 0 Å². The molecule has 0 fully saturated rings. The van der Waals surface area contributed by atoms with Crippen molar-refractivity contribution in [2.45, 2.75) is 6.54 Å². The van der Waals surface area contributed by atoms with Gasteiger partial charge in [0.25, 0.3) is 5.69 Å². The van der Waals surface area contributed by atoms with Crippen molar-refractivity contribution in [3.8, 4) is 5.75 Å². The molecule has 0 aromatic heterocycles. The fourth-order valence-electron chi connectivity index (χ4n) is 1.87. The monoisotopic (exact) mass is 310 g/mol. The fourth-order valence-corrected chi connectivity index (χ4v) is 2.03. The molecular weight excluding hydrogens is 299 g/mol. The number of nitrogens with zero attached hydrogens (tertiary/aromatic N) is 1. The summed E-state index contributed by atoms with van der Waals surface area (Å²) in [5, 5.41) is 13.5. The molecule has 110 valence electrons. The molecule has 0 aliphatic rings. The third-order valence-electron chi connectivity index (χ3n) is 2.90. The highest BCUT2D eigenvalue weighted by atomic mass is 35.5. The molecule has 0 radical (unpaired) electrons. The molecule has 0 heterocycles. The van der Waals surface area contributed by atoms with Crippen LogP contribution in [0, 0.1) is 15.9 Å². The van der Waals surface area contributed by atoms with E-state index in [0.29, 0.717) is 5.75 Å². The number of para-hydroxylation sites is 1. The number of methoxy groups -OCH3 is 1. The van der Waals surface area contributed by atoms with Gasteiger partial charge in [0.1, 0.15) is 17.3 Å². The molecule has 5 nitrogen and oxygen atoms in total. The highest BCUT2D eigenvalue weighted by Gasteiger charge is 2.17. The van der Waals surface area contributed by atoms with Crippen LogP contribution in [0.5, 0.6) is 5.75 Å². The molecule has 2 aromatic carbocycles. The molecule has 0 spiro atoms. The van der Waals surface area contributed by atoms with Crippen LogP contribution in [0.15, 0.2) is 36.4 Å². The van der Waals surface area contributed by atoms with Gasteiger partial charge in [0.15, 0.2) is 0 Å². The minimum absolute atomic E-state index is 0.0628. The predicted molar refractivity (Wildman–Crippen MR) is 78.4 cm³/mol. The minimum Gasteiger partial charge on any atom is -0.496 e. The van der Waals surface area contributed by atoms with Gasteiger partial charge in [0, 0.05) is 24.2 Å². The summed E-state index contributed by atoms with van der Waals surface area (Å²) in [5.74, 6) is -0.0770. The third kappa shape index (κ3) is 3.41. The second-order valence-electron chi connectivity index (χ2n) is 4.21. The van der Waals surface area contributed by atoms with E-state index in [4.69, 9.17) is 16.3 Å². The van der Waals surface area contributed by atoms with Gasteiger partial charge < -0.3 is 10.1 Å². The van der Waals surface area contributed by atoms with Crippen molar-refractivity contribution in [2.24, 2.45) is 0 Å². The molecule has 0 bridgehead atoms. The smallest absolute Gasteiger partial charge is 0.294 e. The number of halogens is 2. The second-order valence-corrected chi connectivity index (χ2v) is 4.61. The highest BCUT2D eigenvalue weighted by Crippen LogP contribution is 2.31. The zero-order valence-corrected chi connectivity index (χ0v) is 11.9. The molecule has 21 heavy (non-hydrogen) atoms. The zero-order chi connectivity index (χ0) is 15.4. The lowest BCUT2D eigenvalue weighted by Crippen LogP contribution is -2.04. The van der Waals surface area contributed by atoms with Crippen LogP contribution in [0.25, 0.3) is 0 Å². The number of benzene rings is 2. The molecule has 0 unspecified atom stereocenters. The lowest BCUT2D eigenvalue weighted by atomic mass is 10.2. The second kappa shape index (κ2) is 6.41. The van der Waals surface area contributed by atoms with E-state index < -0.39 is 10.7 Å². The lowest BCUT2D eigenvalue weighted by molar-refractivity contribution is -0.384. The van der Waals surface area contributed by atoms with E-state index >= 15 is 0 Å². The molecule has 0 amide bonds. The van der Waals surface area contributed by atoms with Crippen molar-refractivity contribution in [3.63, 3.8) is 0 Å². The summed E-state index contributed by atoms with van der Waals surface area (Å²) >= 11 is 5.57. The van der Waals surface area contributed by atoms with Gasteiger partial charge in [-0.05, 0) is 6.07 Å². The Morgan fingerprint density at radius 3 is 2.76 bits per heavy atom. The zero-order valence-electron chi connectivity index (χ0n) is 11.1. The first-order valence-corrected chi connectivity index (χ1v) is 6.40. The van der Waals surface area contributed by atoms with Crippen LogP contribution in [-0.2, 0) is 6.54 Å². The number of hydrogen-bond donors (Lipinski definition) is 1. The van der Waals surface area contributed by atoms with Crippen molar-refractivity contribution in [1.82, 2.24) is 0 Å². The Labute approximate surface area is 125 Å². The van der Waals surface area contributed by atoms with Gasteiger partial charge in [-0.25, -0.2) is 4.39 Å². The Morgan fingerprint density at radius 2 is 2.10 bits per heavy atom. The molecular formula is C14H12ClFN2O3. The molecule has 1 N–H and O–H groups in total. The Balaban J connectivity index is 2.27. The third-order valence-corrected chi connectivity index (χ3v) is 3.19. The van der Waals surface area contributed by atoms with Crippen LogP contribution in [0.2, 0.25) is 5.02 Å². The normalized spacial score (nSPS) is 10.2. The predicted octanol–water partition coefficient (Wildman–Crippen LogP) is 4.01. The average Bonchev–Trinajstić information content (AvgIpc) is 2.48. The Morgan fingerprint density at radius 1 is 1.38 bits per heavy atom. The summed E-state index contributed by atoms with van der Waals surface area (Å²) in [4.78, 5) is 10.4. The van der Waals surface area contributed by atoms with Crippen LogP contribution in [0.3, 0.4) is 0 Å². The quantitative estimate of drug-likeness (QED) is 0.669. The first-order chi connectivity index (χ1) is 10.0. The maximum absolute atomic E-state index is 13.5. The number of anilines is 1. The van der Waals surface area contributed by atoms with Gasteiger partial charge in [-0.1, -0.05) is 29.8 Å². The number of nitro benzene ring substituents is 1. The van der Waals surface area contributed by atoms with Crippen LogP contribution >= 0.6 is 11.6 Å². The van der Waals surface area contributed by atoms with E-state index in [1.807, 2.05) is 18.2 Å². The van der Waals surface area contributed by atoms with Crippen LogP contribution in [0.1, 0.15) is 5.56 Å². The van der Waals surface area contributed by atoms with E-state index in [1.54, 1.807) is 6.07 Å². The molecule has 0 saturated carbocycles. The standard InChI is InChI=1S/C14H12ClFN2O3/c1-21-14-5-3-2-4-9(14)8-17-12-7-11(16)10(15)6-13(12)18(19)20/h2-7,17H,8H2,1H3. The van der Waals surface area contributed by atoms with Crippen molar-refractivity contribution in [3.05, 3.63) is 62.9 Å². The molecule has 2 rings (SSSR count). The van der Waals surface area contributed by atoms with E-state index in [9.17, 15) is 14.5 Å². The van der Waals surface area contributed by atoms with E-state index in [1.165, 1.54) is 7.11 Å². The topological polar surface area (TPSA) is 64.4 Å². The molecule has 7 heteroatoms. The average molecular weight is 311 g/mol. The van der Waals surface area contributed by atoms with Gasteiger partial charge in [0.2, 0.25) is 0 Å². The molecule has 0 saturated heterocycles. The maximum Gasteiger partial charge on any atom is 0.294 e. The molecule has 0 aliphatic carbocycles. The summed E-state index contributed by atoms with van der Waals surface area (Å²) < 4.78 is 18.7. The molecule has 2 aromatic rings. The first kappa shape index (κ1) is 15.1. The van der Waals surface area contributed by atoms with Crippen molar-refractivity contribution >= 4 is 23.0 Å². The lowest BCUT2D eigenvalue weighted by Gasteiger charge is -2.11. The van der Waals surface area contributed by atoms with E-state index in [2.05, 4.69) is 5.32 Å². The van der Waals surface area contributed by atoms with Gasteiger partial charge in [0.05, 0.1) is 17.1 Å². The summed E-state index contributed by atoms with van der Waals surface area (Å²) in [7, 11) is 1.53. The van der Waals surface area contributed by atoms with E-state index in [-0.39, 0.29) is 22.9 Å². The first-order valence-electron chi connectivity index (χ1n) is 6.02. The SMILES string of the molecule is COc1ccccc1CNc1cc(F)c(Cl)cc1[N+](=O)[O-]. The Hall–Kier alpha value is -2.34. The summed E-state index contributed by atoms with van der Waals surface area (Å²) in [6.45, 7) is 0.256. The van der Waals surface area contributed by atoms with Crippen LogP contribution < -0.4 is 10.1 Å². The number of rotatable bonds is 5. The number of ether oxygens (including phenoxy) is 1. The van der Waals surface area contributed by atoms with Gasteiger partial charge in [-0.3, -0.25) is 10.1 Å². The number of nitrogens with one attached hydrogen (secondary N) is 1. The van der Waals surface area contributed by atoms with Crippen LogP contribution in [0.4, 0.5) is 15.8 Å². The molecule has 0 atom stereocenters. The Kier molecular flexibility index (Phi) is 4.59. The number of hydrogen-bond acceptors (Lipinski definition) is 4. The summed E-state index contributed by atoms with van der Waals surface area (Å²) in [5.41, 5.74) is 0.578. The minimum atomic E-state index is -0.718. The maximum atomic E-state index is 13.5. The molecule has 0 aliphatic heterocycles. The van der Waals surface area contributed by atoms with E-state index in [0.717, 1.165) is 17.7 Å². The van der Waals surface area contributed by atoms with Crippen molar-refractivity contribution < 1.29 is 14.1 Å². The number of nitro groups is 1.